The fourth-order valence-electron chi connectivity index (χ4n) is 2.75. The summed E-state index contributed by atoms with van der Waals surface area (Å²) in [6.45, 7) is 5.32. The van der Waals surface area contributed by atoms with Crippen LogP contribution in [0.15, 0.2) is 30.3 Å². The summed E-state index contributed by atoms with van der Waals surface area (Å²) in [6, 6.07) is 10.1. The Balaban J connectivity index is 1.53. The van der Waals surface area contributed by atoms with E-state index < -0.39 is 0 Å². The molecule has 20 heavy (non-hydrogen) atoms. The van der Waals surface area contributed by atoms with E-state index in [-0.39, 0.29) is 12.2 Å². The number of carbonyl (C=O) groups excluding carboxylic acids is 1. The van der Waals surface area contributed by atoms with E-state index in [1.54, 1.807) is 4.90 Å². The van der Waals surface area contributed by atoms with Crippen LogP contribution in [0.3, 0.4) is 0 Å². The van der Waals surface area contributed by atoms with E-state index in [1.165, 1.54) is 0 Å². The number of amides is 1. The first-order chi connectivity index (χ1) is 9.74. The third-order valence-corrected chi connectivity index (χ3v) is 4.04. The van der Waals surface area contributed by atoms with Crippen molar-refractivity contribution in [2.45, 2.75) is 25.7 Å². The molecule has 1 aromatic rings. The van der Waals surface area contributed by atoms with Gasteiger partial charge in [-0.2, -0.15) is 0 Å². The second-order valence-electron chi connectivity index (χ2n) is 5.37. The summed E-state index contributed by atoms with van der Waals surface area (Å²) in [5, 5.41) is 0. The monoisotopic (exact) mass is 276 g/mol. The van der Waals surface area contributed by atoms with Crippen molar-refractivity contribution < 1.29 is 14.3 Å². The summed E-state index contributed by atoms with van der Waals surface area (Å²) in [5.41, 5.74) is 1.01. The Hall–Kier alpha value is -1.59. The summed E-state index contributed by atoms with van der Waals surface area (Å²) in [7, 11) is 0. The molecule has 0 saturated carbocycles. The lowest BCUT2D eigenvalue weighted by Gasteiger charge is -2.36. The zero-order valence-electron chi connectivity index (χ0n) is 11.7. The number of rotatable bonds is 2. The number of hydrogen-bond acceptors (Lipinski definition) is 4. The minimum absolute atomic E-state index is 0.180. The van der Waals surface area contributed by atoms with Gasteiger partial charge in [0.15, 0.2) is 0 Å². The third kappa shape index (κ3) is 2.78. The normalized spacial score (nSPS) is 26.4. The Kier molecular flexibility index (Phi) is 3.89. The van der Waals surface area contributed by atoms with Gasteiger partial charge in [-0.25, -0.2) is 4.79 Å². The molecule has 0 unspecified atom stereocenters. The highest BCUT2D eigenvalue weighted by Crippen LogP contribution is 2.21. The van der Waals surface area contributed by atoms with Crippen LogP contribution >= 0.6 is 0 Å². The molecule has 0 bridgehead atoms. The van der Waals surface area contributed by atoms with E-state index in [0.29, 0.717) is 32.5 Å². The molecule has 0 N–H and O–H groups in total. The number of piperazine rings is 1. The van der Waals surface area contributed by atoms with Crippen LogP contribution in [0.25, 0.3) is 0 Å². The van der Waals surface area contributed by atoms with Gasteiger partial charge in [0.1, 0.15) is 6.61 Å². The molecular formula is C15H20N2O3. The first-order valence-corrected chi connectivity index (χ1v) is 7.05. The molecule has 2 saturated heterocycles. The molecule has 2 aliphatic heterocycles. The van der Waals surface area contributed by atoms with Crippen molar-refractivity contribution in [3.63, 3.8) is 0 Å². The zero-order chi connectivity index (χ0) is 13.9. The summed E-state index contributed by atoms with van der Waals surface area (Å²) < 4.78 is 11.0. The molecule has 2 fully saturated rings. The van der Waals surface area contributed by atoms with Gasteiger partial charge >= 0.3 is 6.09 Å². The second kappa shape index (κ2) is 5.81. The molecule has 5 nitrogen and oxygen atoms in total. The summed E-state index contributed by atoms with van der Waals surface area (Å²) in [4.78, 5) is 16.2. The molecule has 108 valence electrons. The van der Waals surface area contributed by atoms with E-state index in [4.69, 9.17) is 9.47 Å². The van der Waals surface area contributed by atoms with Crippen molar-refractivity contribution in [1.29, 1.82) is 0 Å². The van der Waals surface area contributed by atoms with Crippen molar-refractivity contribution >= 4 is 6.09 Å². The summed E-state index contributed by atoms with van der Waals surface area (Å²) >= 11 is 0. The number of fused-ring (bicyclic) bond motifs is 1. The van der Waals surface area contributed by atoms with Crippen molar-refractivity contribution in [2.75, 3.05) is 26.4 Å². The van der Waals surface area contributed by atoms with Crippen LogP contribution in [0.4, 0.5) is 4.79 Å². The van der Waals surface area contributed by atoms with Gasteiger partial charge in [-0.15, -0.1) is 0 Å². The van der Waals surface area contributed by atoms with E-state index in [2.05, 4.69) is 11.8 Å². The minimum atomic E-state index is -0.229. The highest BCUT2D eigenvalue weighted by molar-refractivity contribution is 5.67. The first-order valence-electron chi connectivity index (χ1n) is 7.05. The molecule has 5 heteroatoms. The van der Waals surface area contributed by atoms with Crippen LogP contribution in [0.5, 0.6) is 0 Å². The maximum Gasteiger partial charge on any atom is 0.410 e. The van der Waals surface area contributed by atoms with E-state index >= 15 is 0 Å². The van der Waals surface area contributed by atoms with E-state index in [1.807, 2.05) is 30.3 Å². The van der Waals surface area contributed by atoms with Gasteiger partial charge in [-0.05, 0) is 12.5 Å². The van der Waals surface area contributed by atoms with Gasteiger partial charge in [-0.3, -0.25) is 4.90 Å². The molecule has 2 aliphatic rings. The van der Waals surface area contributed by atoms with Crippen molar-refractivity contribution in [2.24, 2.45) is 0 Å². The van der Waals surface area contributed by atoms with Crippen LogP contribution in [-0.4, -0.2) is 54.4 Å². The van der Waals surface area contributed by atoms with Crippen LogP contribution < -0.4 is 0 Å². The minimum Gasteiger partial charge on any atom is -0.445 e. The number of hydrogen-bond donors (Lipinski definition) is 0. The Morgan fingerprint density at radius 1 is 1.35 bits per heavy atom. The molecule has 3 rings (SSSR count). The van der Waals surface area contributed by atoms with Crippen LogP contribution in [0.2, 0.25) is 0 Å². The van der Waals surface area contributed by atoms with Crippen LogP contribution in [-0.2, 0) is 16.1 Å². The average Bonchev–Trinajstić information content (AvgIpc) is 2.87. The Labute approximate surface area is 119 Å². The van der Waals surface area contributed by atoms with E-state index in [9.17, 15) is 4.79 Å². The lowest BCUT2D eigenvalue weighted by Crippen LogP contribution is -2.54. The van der Waals surface area contributed by atoms with Crippen LogP contribution in [0, 0.1) is 0 Å². The summed E-state index contributed by atoms with van der Waals surface area (Å²) in [5.74, 6) is 0. The largest absolute Gasteiger partial charge is 0.445 e. The standard InChI is InChI=1S/C15H20N2O3/c1-12-14-9-16(7-8-17(14)11-20-12)15(18)19-10-13-5-3-2-4-6-13/h2-6,12,14H,7-11H2,1H3/t12-,14-/m0/s1. The van der Waals surface area contributed by atoms with Gasteiger partial charge in [0, 0.05) is 19.6 Å². The lowest BCUT2D eigenvalue weighted by molar-refractivity contribution is 0.0579. The highest BCUT2D eigenvalue weighted by Gasteiger charge is 2.38. The number of carbonyl (C=O) groups is 1. The fourth-order valence-corrected chi connectivity index (χ4v) is 2.75. The molecule has 1 aromatic carbocycles. The van der Waals surface area contributed by atoms with Gasteiger partial charge in [0.2, 0.25) is 0 Å². The van der Waals surface area contributed by atoms with Gasteiger partial charge < -0.3 is 14.4 Å². The quantitative estimate of drug-likeness (QED) is 0.824. The third-order valence-electron chi connectivity index (χ3n) is 4.04. The Morgan fingerprint density at radius 2 is 2.15 bits per heavy atom. The highest BCUT2D eigenvalue weighted by atomic mass is 16.6. The van der Waals surface area contributed by atoms with Gasteiger partial charge in [0.05, 0.1) is 18.9 Å². The molecular weight excluding hydrogens is 256 g/mol. The molecule has 2 atom stereocenters. The predicted molar refractivity (Wildman–Crippen MR) is 74.1 cm³/mol. The SMILES string of the molecule is C[C@@H]1OCN2CCN(C(=O)OCc3ccccc3)C[C@@H]12. The smallest absolute Gasteiger partial charge is 0.410 e. The van der Waals surface area contributed by atoms with Gasteiger partial charge in [0.25, 0.3) is 0 Å². The van der Waals surface area contributed by atoms with Crippen molar-refractivity contribution in [3.05, 3.63) is 35.9 Å². The number of benzene rings is 1. The first kappa shape index (κ1) is 13.4. The zero-order valence-corrected chi connectivity index (χ0v) is 11.7. The molecule has 0 spiro atoms. The Bertz CT molecular complexity index is 465. The molecule has 2 heterocycles. The molecule has 0 aliphatic carbocycles. The number of ether oxygens (including phenoxy) is 2. The van der Waals surface area contributed by atoms with Gasteiger partial charge in [-0.1, -0.05) is 30.3 Å². The topological polar surface area (TPSA) is 42.0 Å². The molecule has 0 radical (unpaired) electrons. The van der Waals surface area contributed by atoms with Crippen molar-refractivity contribution in [1.82, 2.24) is 9.80 Å². The average molecular weight is 276 g/mol. The Morgan fingerprint density at radius 3 is 2.95 bits per heavy atom. The second-order valence-corrected chi connectivity index (χ2v) is 5.37. The lowest BCUT2D eigenvalue weighted by atomic mass is 10.1. The van der Waals surface area contributed by atoms with Crippen LogP contribution in [0.1, 0.15) is 12.5 Å². The van der Waals surface area contributed by atoms with Crippen molar-refractivity contribution in [3.8, 4) is 0 Å². The predicted octanol–water partition coefficient (Wildman–Crippen LogP) is 1.69. The maximum atomic E-state index is 12.1. The molecule has 0 aromatic heterocycles. The molecule has 1 amide bonds. The fraction of sp³-hybridized carbons (Fsp3) is 0.533. The maximum absolute atomic E-state index is 12.1. The number of nitrogens with zero attached hydrogens (tertiary/aromatic N) is 2. The van der Waals surface area contributed by atoms with E-state index in [0.717, 1.165) is 12.1 Å². The summed E-state index contributed by atoms with van der Waals surface area (Å²) in [6.07, 6.45) is -0.0488.